The van der Waals surface area contributed by atoms with E-state index in [9.17, 15) is 9.90 Å². The van der Waals surface area contributed by atoms with Crippen LogP contribution in [0.15, 0.2) is 48.5 Å². The van der Waals surface area contributed by atoms with Crippen LogP contribution in [0, 0.1) is 0 Å². The fraction of sp³-hybridized carbons (Fsp3) is 0.0714. The highest BCUT2D eigenvalue weighted by Crippen LogP contribution is 2.37. The van der Waals surface area contributed by atoms with Gasteiger partial charge in [0.2, 0.25) is 0 Å². The molecule has 1 N–H and O–H groups in total. The van der Waals surface area contributed by atoms with Gasteiger partial charge in [0.05, 0.1) is 5.56 Å². The quantitative estimate of drug-likeness (QED) is 0.751. The van der Waals surface area contributed by atoms with Crippen LogP contribution in [0.2, 0.25) is 0 Å². The summed E-state index contributed by atoms with van der Waals surface area (Å²) in [6.45, 7) is 0. The molecule has 0 bridgehead atoms. The summed E-state index contributed by atoms with van der Waals surface area (Å²) in [5.41, 5.74) is 0.921. The van der Waals surface area contributed by atoms with E-state index in [-0.39, 0.29) is 5.78 Å². The predicted molar refractivity (Wildman–Crippen MR) is 62.2 cm³/mol. The Hall–Kier alpha value is -2.13. The normalized spacial score (nSPS) is 17.7. The minimum absolute atomic E-state index is 0.328. The van der Waals surface area contributed by atoms with Gasteiger partial charge in [0, 0.05) is 5.56 Å². The molecule has 1 aliphatic rings. The molecule has 0 spiro atoms. The van der Waals surface area contributed by atoms with E-state index >= 15 is 0 Å². The Kier molecular flexibility index (Phi) is 2.20. The van der Waals surface area contributed by atoms with Crippen molar-refractivity contribution in [2.24, 2.45) is 0 Å². The van der Waals surface area contributed by atoms with E-state index in [1.54, 1.807) is 42.5 Å². The lowest BCUT2D eigenvalue weighted by Crippen LogP contribution is -2.10. The number of rotatable bonds is 0. The van der Waals surface area contributed by atoms with Gasteiger partial charge in [-0.05, 0) is 18.2 Å². The first-order valence-electron chi connectivity index (χ1n) is 5.35. The molecule has 0 aliphatic carbocycles. The van der Waals surface area contributed by atoms with E-state index in [0.29, 0.717) is 22.6 Å². The van der Waals surface area contributed by atoms with Crippen molar-refractivity contribution in [1.29, 1.82) is 0 Å². The third-order valence-corrected chi connectivity index (χ3v) is 2.83. The number of Topliss-reactive ketones (excluding diaryl/α,β-unsaturated/α-hetero) is 1. The second-order valence-corrected chi connectivity index (χ2v) is 3.90. The van der Waals surface area contributed by atoms with Gasteiger partial charge in [0.15, 0.2) is 5.78 Å². The fourth-order valence-corrected chi connectivity index (χ4v) is 1.97. The molecule has 0 saturated carbocycles. The van der Waals surface area contributed by atoms with Crippen molar-refractivity contribution in [3.8, 4) is 11.5 Å². The lowest BCUT2D eigenvalue weighted by atomic mass is 10.0. The molecule has 3 rings (SSSR count). The topological polar surface area (TPSA) is 46.5 Å². The molecule has 3 heteroatoms. The number of ether oxygens (including phenoxy) is 1. The Morgan fingerprint density at radius 3 is 2.41 bits per heavy atom. The van der Waals surface area contributed by atoms with Gasteiger partial charge >= 0.3 is 0 Å². The summed E-state index contributed by atoms with van der Waals surface area (Å²) in [6.07, 6.45) is -1.16. The maximum Gasteiger partial charge on any atom is 0.199 e. The van der Waals surface area contributed by atoms with Crippen molar-refractivity contribution in [3.05, 3.63) is 59.7 Å². The monoisotopic (exact) mass is 226 g/mol. The highest BCUT2D eigenvalue weighted by atomic mass is 16.5. The highest BCUT2D eigenvalue weighted by molar-refractivity contribution is 6.03. The van der Waals surface area contributed by atoms with Crippen LogP contribution in [0.3, 0.4) is 0 Å². The molecule has 0 saturated heterocycles. The van der Waals surface area contributed by atoms with Crippen molar-refractivity contribution in [2.45, 2.75) is 6.10 Å². The van der Waals surface area contributed by atoms with Crippen LogP contribution < -0.4 is 4.74 Å². The van der Waals surface area contributed by atoms with Gasteiger partial charge in [-0.2, -0.15) is 0 Å². The van der Waals surface area contributed by atoms with Crippen molar-refractivity contribution in [2.75, 3.05) is 0 Å². The van der Waals surface area contributed by atoms with E-state index in [0.717, 1.165) is 0 Å². The smallest absolute Gasteiger partial charge is 0.199 e. The van der Waals surface area contributed by atoms with Gasteiger partial charge in [0.1, 0.15) is 17.6 Å². The summed E-state index contributed by atoms with van der Waals surface area (Å²) in [5, 5.41) is 10.0. The number of fused-ring (bicyclic) bond motifs is 2. The van der Waals surface area contributed by atoms with E-state index in [1.807, 2.05) is 6.07 Å². The van der Waals surface area contributed by atoms with E-state index in [2.05, 4.69) is 0 Å². The molecule has 17 heavy (non-hydrogen) atoms. The summed E-state index contributed by atoms with van der Waals surface area (Å²) in [4.78, 5) is 12.1. The third-order valence-electron chi connectivity index (χ3n) is 2.83. The Balaban J connectivity index is 2.24. The Morgan fingerprint density at radius 2 is 1.59 bits per heavy atom. The second kappa shape index (κ2) is 3.71. The zero-order valence-corrected chi connectivity index (χ0v) is 8.96. The van der Waals surface area contributed by atoms with Crippen LogP contribution in [-0.4, -0.2) is 10.9 Å². The maximum absolute atomic E-state index is 12.1. The molecule has 0 radical (unpaired) electrons. The molecule has 1 atom stereocenters. The van der Waals surface area contributed by atoms with Crippen LogP contribution in [0.25, 0.3) is 0 Å². The maximum atomic E-state index is 12.1. The van der Waals surface area contributed by atoms with Gasteiger partial charge in [0.25, 0.3) is 0 Å². The fourth-order valence-electron chi connectivity index (χ4n) is 1.97. The minimum atomic E-state index is -1.16. The van der Waals surface area contributed by atoms with Crippen molar-refractivity contribution in [1.82, 2.24) is 0 Å². The van der Waals surface area contributed by atoms with Crippen molar-refractivity contribution >= 4 is 5.78 Å². The third kappa shape index (κ3) is 1.52. The number of carbonyl (C=O) groups excluding carboxylic acids is 1. The summed E-state index contributed by atoms with van der Waals surface area (Å²) < 4.78 is 5.66. The van der Waals surface area contributed by atoms with E-state index in [1.165, 1.54) is 0 Å². The number of aliphatic hydroxyl groups excluding tert-OH is 1. The number of hydrogen-bond donors (Lipinski definition) is 1. The Labute approximate surface area is 98.3 Å². The van der Waals surface area contributed by atoms with Gasteiger partial charge in [-0.15, -0.1) is 0 Å². The summed E-state index contributed by atoms with van der Waals surface area (Å²) in [6, 6.07) is 14.0. The molecule has 0 fully saturated rings. The van der Waals surface area contributed by atoms with Gasteiger partial charge in [-0.25, -0.2) is 0 Å². The number of para-hydroxylation sites is 2. The van der Waals surface area contributed by atoms with Crippen LogP contribution in [0.1, 0.15) is 22.0 Å². The average Bonchev–Trinajstić information content (AvgIpc) is 2.48. The Morgan fingerprint density at radius 1 is 0.941 bits per heavy atom. The van der Waals surface area contributed by atoms with Gasteiger partial charge < -0.3 is 9.84 Å². The SMILES string of the molecule is O=C1c2ccccc2Oc2ccccc2C1O. The number of carbonyl (C=O) groups is 1. The molecular weight excluding hydrogens is 216 g/mol. The largest absolute Gasteiger partial charge is 0.456 e. The molecular formula is C14H10O3. The molecule has 2 aromatic carbocycles. The van der Waals surface area contributed by atoms with Crippen molar-refractivity contribution in [3.63, 3.8) is 0 Å². The standard InChI is InChI=1S/C14H10O3/c15-13-9-5-1-3-7-11(9)17-12-8-4-2-6-10(12)14(13)16/h1-8,13,15H. The zero-order chi connectivity index (χ0) is 11.8. The molecule has 1 aliphatic heterocycles. The summed E-state index contributed by atoms with van der Waals surface area (Å²) in [7, 11) is 0. The van der Waals surface area contributed by atoms with Crippen molar-refractivity contribution < 1.29 is 14.6 Å². The second-order valence-electron chi connectivity index (χ2n) is 3.90. The lowest BCUT2D eigenvalue weighted by molar-refractivity contribution is 0.0750. The summed E-state index contributed by atoms with van der Waals surface area (Å²) >= 11 is 0. The number of hydrogen-bond acceptors (Lipinski definition) is 3. The molecule has 0 aromatic heterocycles. The summed E-state index contributed by atoms with van der Waals surface area (Å²) in [5.74, 6) is 0.686. The van der Waals surface area contributed by atoms with Crippen LogP contribution in [-0.2, 0) is 0 Å². The van der Waals surface area contributed by atoms with Crippen LogP contribution in [0.4, 0.5) is 0 Å². The van der Waals surface area contributed by atoms with Gasteiger partial charge in [-0.3, -0.25) is 4.79 Å². The van der Waals surface area contributed by atoms with E-state index in [4.69, 9.17) is 4.74 Å². The first-order chi connectivity index (χ1) is 8.27. The minimum Gasteiger partial charge on any atom is -0.456 e. The molecule has 1 heterocycles. The van der Waals surface area contributed by atoms with E-state index < -0.39 is 6.10 Å². The van der Waals surface area contributed by atoms with Crippen LogP contribution >= 0.6 is 0 Å². The number of ketones is 1. The molecule has 3 nitrogen and oxygen atoms in total. The lowest BCUT2D eigenvalue weighted by Gasteiger charge is -2.08. The molecule has 0 amide bonds. The Bertz CT molecular complexity index is 590. The average molecular weight is 226 g/mol. The van der Waals surface area contributed by atoms with Gasteiger partial charge in [-0.1, -0.05) is 30.3 Å². The zero-order valence-electron chi connectivity index (χ0n) is 8.96. The molecule has 1 unspecified atom stereocenters. The molecule has 2 aromatic rings. The predicted octanol–water partition coefficient (Wildman–Crippen LogP) is 2.71. The first kappa shape index (κ1) is 10.1. The molecule has 84 valence electrons. The van der Waals surface area contributed by atoms with Crippen LogP contribution in [0.5, 0.6) is 11.5 Å². The number of benzene rings is 2. The highest BCUT2D eigenvalue weighted by Gasteiger charge is 2.28. The first-order valence-corrected chi connectivity index (χ1v) is 5.35. The number of aliphatic hydroxyl groups is 1.